The summed E-state index contributed by atoms with van der Waals surface area (Å²) in [6.07, 6.45) is 4.73. The van der Waals surface area contributed by atoms with Gasteiger partial charge in [0.1, 0.15) is 0 Å². The Morgan fingerprint density at radius 3 is 2.86 bits per heavy atom. The fourth-order valence-corrected chi connectivity index (χ4v) is 2.59. The molecular formula is C16H20N4O. The van der Waals surface area contributed by atoms with Crippen LogP contribution >= 0.6 is 0 Å². The first-order valence-electron chi connectivity index (χ1n) is 7.17. The maximum Gasteiger partial charge on any atom is 0.317 e. The highest BCUT2D eigenvalue weighted by atomic mass is 16.2. The van der Waals surface area contributed by atoms with Crippen LogP contribution in [-0.4, -0.2) is 33.8 Å². The van der Waals surface area contributed by atoms with E-state index in [0.717, 1.165) is 12.0 Å². The van der Waals surface area contributed by atoms with Gasteiger partial charge in [-0.3, -0.25) is 4.68 Å². The van der Waals surface area contributed by atoms with Crippen molar-refractivity contribution in [2.24, 2.45) is 7.05 Å². The summed E-state index contributed by atoms with van der Waals surface area (Å²) in [5, 5.41) is 7.20. The van der Waals surface area contributed by atoms with Crippen LogP contribution in [0.4, 0.5) is 4.79 Å². The molecule has 1 N–H and O–H groups in total. The molecule has 0 aliphatic heterocycles. The fourth-order valence-electron chi connectivity index (χ4n) is 2.59. The number of amides is 2. The number of aromatic nitrogens is 2. The predicted molar refractivity (Wildman–Crippen MR) is 80.8 cm³/mol. The summed E-state index contributed by atoms with van der Waals surface area (Å²) in [6.45, 7) is 0.572. The lowest BCUT2D eigenvalue weighted by Gasteiger charge is -2.17. The van der Waals surface area contributed by atoms with E-state index in [1.807, 2.05) is 38.5 Å². The summed E-state index contributed by atoms with van der Waals surface area (Å²) < 4.78 is 1.74. The highest BCUT2D eigenvalue weighted by Crippen LogP contribution is 2.40. The van der Waals surface area contributed by atoms with Crippen molar-refractivity contribution in [1.29, 1.82) is 0 Å². The van der Waals surface area contributed by atoms with Gasteiger partial charge in [0.25, 0.3) is 0 Å². The van der Waals surface area contributed by atoms with Crippen molar-refractivity contribution >= 4 is 6.03 Å². The summed E-state index contributed by atoms with van der Waals surface area (Å²) in [7, 11) is 3.68. The monoisotopic (exact) mass is 284 g/mol. The maximum absolute atomic E-state index is 12.2. The van der Waals surface area contributed by atoms with Gasteiger partial charge in [-0.25, -0.2) is 4.79 Å². The second kappa shape index (κ2) is 5.60. The van der Waals surface area contributed by atoms with Gasteiger partial charge in [-0.15, -0.1) is 0 Å². The van der Waals surface area contributed by atoms with Gasteiger partial charge in [0, 0.05) is 37.8 Å². The van der Waals surface area contributed by atoms with Gasteiger partial charge >= 0.3 is 6.03 Å². The van der Waals surface area contributed by atoms with Crippen LogP contribution < -0.4 is 5.32 Å². The summed E-state index contributed by atoms with van der Waals surface area (Å²) in [5.41, 5.74) is 2.34. The molecule has 1 aromatic heterocycles. The molecule has 1 aliphatic rings. The molecule has 1 aliphatic carbocycles. The molecule has 0 radical (unpaired) electrons. The molecule has 2 amide bonds. The van der Waals surface area contributed by atoms with E-state index in [-0.39, 0.29) is 12.1 Å². The first-order chi connectivity index (χ1) is 10.1. The summed E-state index contributed by atoms with van der Waals surface area (Å²) in [4.78, 5) is 13.9. The molecular weight excluding hydrogens is 264 g/mol. The van der Waals surface area contributed by atoms with Gasteiger partial charge < -0.3 is 10.2 Å². The van der Waals surface area contributed by atoms with Crippen molar-refractivity contribution in [1.82, 2.24) is 20.0 Å². The quantitative estimate of drug-likeness (QED) is 0.935. The Labute approximate surface area is 124 Å². The number of hydrogen-bond donors (Lipinski definition) is 1. The Kier molecular flexibility index (Phi) is 3.64. The first kappa shape index (κ1) is 13.7. The fraction of sp³-hybridized carbons (Fsp3) is 0.375. The second-order valence-corrected chi connectivity index (χ2v) is 5.69. The van der Waals surface area contributed by atoms with E-state index in [1.165, 1.54) is 5.56 Å². The molecule has 5 nitrogen and oxygen atoms in total. The molecule has 1 fully saturated rings. The van der Waals surface area contributed by atoms with Gasteiger partial charge in [-0.05, 0) is 12.0 Å². The van der Waals surface area contributed by atoms with Crippen LogP contribution in [-0.2, 0) is 13.6 Å². The number of nitrogens with one attached hydrogen (secondary N) is 1. The van der Waals surface area contributed by atoms with E-state index in [2.05, 4.69) is 22.5 Å². The lowest BCUT2D eigenvalue weighted by atomic mass is 10.1. The van der Waals surface area contributed by atoms with E-state index in [1.54, 1.807) is 15.8 Å². The molecule has 110 valence electrons. The molecule has 2 aromatic rings. The number of rotatable bonds is 4. The average molecular weight is 284 g/mol. The SMILES string of the molecule is CN(Cc1cnn(C)c1)C(=O)NC1CC1c1ccccc1. The maximum atomic E-state index is 12.2. The second-order valence-electron chi connectivity index (χ2n) is 5.69. The Morgan fingerprint density at radius 1 is 1.43 bits per heavy atom. The molecule has 3 rings (SSSR count). The minimum Gasteiger partial charge on any atom is -0.335 e. The predicted octanol–water partition coefficient (Wildman–Crippen LogP) is 2.12. The van der Waals surface area contributed by atoms with Gasteiger partial charge in [0.05, 0.1) is 12.7 Å². The molecule has 0 spiro atoms. The third kappa shape index (κ3) is 3.24. The Bertz CT molecular complexity index is 622. The largest absolute Gasteiger partial charge is 0.335 e. The van der Waals surface area contributed by atoms with Crippen LogP contribution in [0.1, 0.15) is 23.5 Å². The molecule has 21 heavy (non-hydrogen) atoms. The van der Waals surface area contributed by atoms with Crippen molar-refractivity contribution < 1.29 is 4.79 Å². The van der Waals surface area contributed by atoms with E-state index < -0.39 is 0 Å². The Balaban J connectivity index is 1.51. The topological polar surface area (TPSA) is 50.2 Å². The van der Waals surface area contributed by atoms with Crippen LogP contribution in [0.3, 0.4) is 0 Å². The lowest BCUT2D eigenvalue weighted by molar-refractivity contribution is 0.206. The normalized spacial score (nSPS) is 20.1. The van der Waals surface area contributed by atoms with Crippen LogP contribution in [0.5, 0.6) is 0 Å². The smallest absolute Gasteiger partial charge is 0.317 e. The van der Waals surface area contributed by atoms with Gasteiger partial charge in [-0.2, -0.15) is 5.10 Å². The molecule has 1 heterocycles. The molecule has 2 atom stereocenters. The van der Waals surface area contributed by atoms with Crippen LogP contribution in [0, 0.1) is 0 Å². The van der Waals surface area contributed by atoms with Gasteiger partial charge in [0.2, 0.25) is 0 Å². The van der Waals surface area contributed by atoms with Gasteiger partial charge in [0.15, 0.2) is 0 Å². The van der Waals surface area contributed by atoms with Crippen LogP contribution in [0.15, 0.2) is 42.7 Å². The third-order valence-corrected chi connectivity index (χ3v) is 3.85. The van der Waals surface area contributed by atoms with Crippen molar-refractivity contribution in [3.63, 3.8) is 0 Å². The molecule has 2 unspecified atom stereocenters. The Hall–Kier alpha value is -2.30. The number of nitrogens with zero attached hydrogens (tertiary/aromatic N) is 3. The summed E-state index contributed by atoms with van der Waals surface area (Å²) in [5.74, 6) is 0.460. The number of hydrogen-bond acceptors (Lipinski definition) is 2. The molecule has 5 heteroatoms. The molecule has 1 aromatic carbocycles. The number of aryl methyl sites for hydroxylation is 1. The molecule has 1 saturated carbocycles. The van der Waals surface area contributed by atoms with Crippen molar-refractivity contribution in [2.75, 3.05) is 7.05 Å². The van der Waals surface area contributed by atoms with Crippen molar-refractivity contribution in [3.8, 4) is 0 Å². The van der Waals surface area contributed by atoms with Crippen LogP contribution in [0.2, 0.25) is 0 Å². The number of benzene rings is 1. The first-order valence-corrected chi connectivity index (χ1v) is 7.17. The highest BCUT2D eigenvalue weighted by molar-refractivity contribution is 5.74. The molecule has 0 bridgehead atoms. The number of carbonyl (C=O) groups is 1. The van der Waals surface area contributed by atoms with Crippen LogP contribution in [0.25, 0.3) is 0 Å². The van der Waals surface area contributed by atoms with E-state index >= 15 is 0 Å². The highest BCUT2D eigenvalue weighted by Gasteiger charge is 2.39. The van der Waals surface area contributed by atoms with E-state index in [4.69, 9.17) is 0 Å². The summed E-state index contributed by atoms with van der Waals surface area (Å²) in [6, 6.07) is 10.6. The zero-order valence-electron chi connectivity index (χ0n) is 12.4. The standard InChI is InChI=1S/C16H20N4O/c1-19(10-12-9-17-20(2)11-12)16(21)18-15-8-14(15)13-6-4-3-5-7-13/h3-7,9,11,14-15H,8,10H2,1-2H3,(H,18,21). The van der Waals surface area contributed by atoms with E-state index in [9.17, 15) is 4.79 Å². The number of carbonyl (C=O) groups excluding carboxylic acids is 1. The lowest BCUT2D eigenvalue weighted by Crippen LogP contribution is -2.38. The summed E-state index contributed by atoms with van der Waals surface area (Å²) >= 11 is 0. The zero-order chi connectivity index (χ0) is 14.8. The number of urea groups is 1. The minimum absolute atomic E-state index is 0.0257. The molecule has 0 saturated heterocycles. The van der Waals surface area contributed by atoms with Gasteiger partial charge in [-0.1, -0.05) is 30.3 Å². The van der Waals surface area contributed by atoms with Crippen molar-refractivity contribution in [2.45, 2.75) is 24.9 Å². The van der Waals surface area contributed by atoms with Crippen molar-refractivity contribution in [3.05, 3.63) is 53.9 Å². The minimum atomic E-state index is -0.0257. The third-order valence-electron chi connectivity index (χ3n) is 3.85. The Morgan fingerprint density at radius 2 is 2.19 bits per heavy atom. The average Bonchev–Trinajstić information content (AvgIpc) is 3.13. The van der Waals surface area contributed by atoms with E-state index in [0.29, 0.717) is 12.5 Å². The zero-order valence-corrected chi connectivity index (χ0v) is 12.4.